The van der Waals surface area contributed by atoms with E-state index in [1.807, 2.05) is 0 Å². The lowest BCUT2D eigenvalue weighted by atomic mass is 10.2. The van der Waals surface area contributed by atoms with Gasteiger partial charge in [-0.3, -0.25) is 4.79 Å². The number of ether oxygens (including phenoxy) is 1. The van der Waals surface area contributed by atoms with Gasteiger partial charge in [0.2, 0.25) is 0 Å². The van der Waals surface area contributed by atoms with Crippen LogP contribution in [0.1, 0.15) is 18.2 Å². The number of aryl methyl sites for hydroxylation is 1. The number of halogens is 2. The van der Waals surface area contributed by atoms with Crippen LogP contribution in [0.15, 0.2) is 30.3 Å². The number of nitrogens with one attached hydrogen (secondary N) is 1. The van der Waals surface area contributed by atoms with Crippen LogP contribution in [-0.2, 0) is 14.3 Å². The molecule has 1 N–H and O–H groups in total. The van der Waals surface area contributed by atoms with Gasteiger partial charge >= 0.3 is 5.97 Å². The molecule has 0 aliphatic carbocycles. The summed E-state index contributed by atoms with van der Waals surface area (Å²) in [6.07, 6.45) is 2.63. The average Bonchev–Trinajstić information content (AvgIpc) is 2.86. The van der Waals surface area contributed by atoms with E-state index in [9.17, 15) is 14.0 Å². The van der Waals surface area contributed by atoms with Gasteiger partial charge in [-0.1, -0.05) is 11.6 Å². The first-order valence-corrected chi connectivity index (χ1v) is 7.92. The van der Waals surface area contributed by atoms with Crippen LogP contribution in [0.2, 0.25) is 5.15 Å². The van der Waals surface area contributed by atoms with E-state index in [1.165, 1.54) is 29.0 Å². The molecule has 0 aliphatic rings. The fourth-order valence-corrected chi connectivity index (χ4v) is 2.37. The van der Waals surface area contributed by atoms with E-state index in [0.29, 0.717) is 23.5 Å². The average molecular weight is 366 g/mol. The zero-order valence-electron chi connectivity index (χ0n) is 13.8. The second-order valence-electron chi connectivity index (χ2n) is 5.07. The Kier molecular flexibility index (Phi) is 6.30. The van der Waals surface area contributed by atoms with Crippen molar-refractivity contribution in [2.45, 2.75) is 13.8 Å². The summed E-state index contributed by atoms with van der Waals surface area (Å²) >= 11 is 6.30. The van der Waals surface area contributed by atoms with E-state index in [0.717, 1.165) is 0 Å². The molecule has 0 aliphatic heterocycles. The lowest BCUT2D eigenvalue weighted by Crippen LogP contribution is -2.28. The van der Waals surface area contributed by atoms with Crippen molar-refractivity contribution in [1.29, 1.82) is 0 Å². The highest BCUT2D eigenvalue weighted by molar-refractivity contribution is 6.31. The molecule has 0 bridgehead atoms. The fourth-order valence-electron chi connectivity index (χ4n) is 2.04. The van der Waals surface area contributed by atoms with Gasteiger partial charge in [-0.15, -0.1) is 0 Å². The summed E-state index contributed by atoms with van der Waals surface area (Å²) in [6.45, 7) is 3.61. The summed E-state index contributed by atoms with van der Waals surface area (Å²) in [5.41, 5.74) is 1.70. The lowest BCUT2D eigenvalue weighted by Gasteiger charge is -2.03. The third kappa shape index (κ3) is 4.90. The molecule has 0 unspecified atom stereocenters. The molecule has 0 saturated heterocycles. The van der Waals surface area contributed by atoms with Crippen LogP contribution in [0.4, 0.5) is 4.39 Å². The van der Waals surface area contributed by atoms with Crippen LogP contribution in [0.5, 0.6) is 0 Å². The van der Waals surface area contributed by atoms with Crippen LogP contribution in [0, 0.1) is 12.7 Å². The van der Waals surface area contributed by atoms with Crippen molar-refractivity contribution >= 4 is 29.6 Å². The number of hydrogen-bond donors (Lipinski definition) is 1. The van der Waals surface area contributed by atoms with Gasteiger partial charge in [-0.2, -0.15) is 5.10 Å². The zero-order valence-corrected chi connectivity index (χ0v) is 14.5. The van der Waals surface area contributed by atoms with Gasteiger partial charge in [0, 0.05) is 18.2 Å². The number of benzene rings is 1. The predicted molar refractivity (Wildman–Crippen MR) is 91.9 cm³/mol. The third-order valence-corrected chi connectivity index (χ3v) is 3.59. The molecule has 2 rings (SSSR count). The Morgan fingerprint density at radius 2 is 2.04 bits per heavy atom. The largest absolute Gasteiger partial charge is 0.452 e. The first kappa shape index (κ1) is 18.7. The standard InChI is InChI=1S/C17H17ClFN3O3/c1-3-20-15(23)10-25-16(24)9-8-14-11(2)21-22(17(14)18)13-6-4-12(19)5-7-13/h4-9H,3,10H2,1-2H3,(H,20,23)/b9-8+. The lowest BCUT2D eigenvalue weighted by molar-refractivity contribution is -0.143. The minimum Gasteiger partial charge on any atom is -0.452 e. The maximum atomic E-state index is 13.0. The van der Waals surface area contributed by atoms with E-state index >= 15 is 0 Å². The summed E-state index contributed by atoms with van der Waals surface area (Å²) in [6, 6.07) is 5.69. The molecule has 132 valence electrons. The quantitative estimate of drug-likeness (QED) is 0.631. The molecular weight excluding hydrogens is 349 g/mol. The molecule has 1 heterocycles. The van der Waals surface area contributed by atoms with Crippen molar-refractivity contribution in [2.75, 3.05) is 13.2 Å². The van der Waals surface area contributed by atoms with E-state index in [4.69, 9.17) is 16.3 Å². The van der Waals surface area contributed by atoms with Gasteiger partial charge < -0.3 is 10.1 Å². The molecule has 1 amide bonds. The van der Waals surface area contributed by atoms with Gasteiger partial charge in [0.05, 0.1) is 11.4 Å². The summed E-state index contributed by atoms with van der Waals surface area (Å²) in [7, 11) is 0. The number of rotatable bonds is 6. The van der Waals surface area contributed by atoms with E-state index in [1.54, 1.807) is 26.0 Å². The summed E-state index contributed by atoms with van der Waals surface area (Å²) in [4.78, 5) is 22.9. The number of esters is 1. The number of carbonyl (C=O) groups excluding carboxylic acids is 2. The third-order valence-electron chi connectivity index (χ3n) is 3.22. The molecule has 1 aromatic carbocycles. The second kappa shape index (κ2) is 8.43. The number of carbonyl (C=O) groups is 2. The van der Waals surface area contributed by atoms with Gasteiger partial charge in [-0.05, 0) is 44.2 Å². The van der Waals surface area contributed by atoms with E-state index in [-0.39, 0.29) is 23.5 Å². The molecule has 2 aromatic rings. The highest BCUT2D eigenvalue weighted by Crippen LogP contribution is 2.24. The molecular formula is C17H17ClFN3O3. The molecule has 0 atom stereocenters. The van der Waals surface area contributed by atoms with E-state index < -0.39 is 5.97 Å². The van der Waals surface area contributed by atoms with Crippen LogP contribution in [0.25, 0.3) is 11.8 Å². The Labute approximate surface area is 149 Å². The minimum atomic E-state index is -0.670. The van der Waals surface area contributed by atoms with Crippen LogP contribution in [-0.4, -0.2) is 34.8 Å². The maximum Gasteiger partial charge on any atom is 0.331 e. The van der Waals surface area contributed by atoms with Gasteiger partial charge in [-0.25, -0.2) is 13.9 Å². The van der Waals surface area contributed by atoms with Crippen molar-refractivity contribution < 1.29 is 18.7 Å². The SMILES string of the molecule is CCNC(=O)COC(=O)/C=C/c1c(C)nn(-c2ccc(F)cc2)c1Cl. The van der Waals surface area contributed by atoms with Crippen LogP contribution < -0.4 is 5.32 Å². The van der Waals surface area contributed by atoms with Crippen molar-refractivity contribution in [3.63, 3.8) is 0 Å². The monoisotopic (exact) mass is 365 g/mol. The highest BCUT2D eigenvalue weighted by Gasteiger charge is 2.13. The predicted octanol–water partition coefficient (Wildman–Crippen LogP) is 2.67. The molecule has 0 saturated carbocycles. The Bertz CT molecular complexity index is 800. The normalized spacial score (nSPS) is 10.9. The zero-order chi connectivity index (χ0) is 18.4. The summed E-state index contributed by atoms with van der Waals surface area (Å²) < 4.78 is 19.3. The number of aromatic nitrogens is 2. The Morgan fingerprint density at radius 1 is 1.36 bits per heavy atom. The van der Waals surface area contributed by atoms with Crippen molar-refractivity contribution in [3.05, 3.63) is 52.6 Å². The highest BCUT2D eigenvalue weighted by atomic mass is 35.5. The summed E-state index contributed by atoms with van der Waals surface area (Å²) in [5.74, 6) is -1.41. The van der Waals surface area contributed by atoms with Gasteiger partial charge in [0.15, 0.2) is 6.61 Å². The van der Waals surface area contributed by atoms with E-state index in [2.05, 4.69) is 10.4 Å². The van der Waals surface area contributed by atoms with Crippen molar-refractivity contribution in [1.82, 2.24) is 15.1 Å². The van der Waals surface area contributed by atoms with Crippen LogP contribution in [0.3, 0.4) is 0 Å². The van der Waals surface area contributed by atoms with Crippen molar-refractivity contribution in [2.24, 2.45) is 0 Å². The Balaban J connectivity index is 2.11. The number of nitrogens with zero attached hydrogens (tertiary/aromatic N) is 2. The topological polar surface area (TPSA) is 73.2 Å². The molecule has 1 aromatic heterocycles. The van der Waals surface area contributed by atoms with Crippen molar-refractivity contribution in [3.8, 4) is 5.69 Å². The smallest absolute Gasteiger partial charge is 0.331 e. The Morgan fingerprint density at radius 3 is 2.68 bits per heavy atom. The first-order valence-electron chi connectivity index (χ1n) is 7.55. The molecule has 6 nitrogen and oxygen atoms in total. The summed E-state index contributed by atoms with van der Waals surface area (Å²) in [5, 5.41) is 7.07. The fraction of sp³-hybridized carbons (Fsp3) is 0.235. The molecule has 0 spiro atoms. The first-order chi connectivity index (χ1) is 11.9. The van der Waals surface area contributed by atoms with Crippen LogP contribution >= 0.6 is 11.6 Å². The van der Waals surface area contributed by atoms with Gasteiger partial charge in [0.1, 0.15) is 11.0 Å². The number of amides is 1. The molecule has 25 heavy (non-hydrogen) atoms. The molecule has 0 radical (unpaired) electrons. The second-order valence-corrected chi connectivity index (χ2v) is 5.43. The molecule has 0 fully saturated rings. The number of hydrogen-bond acceptors (Lipinski definition) is 4. The van der Waals surface area contributed by atoms with Gasteiger partial charge in [0.25, 0.3) is 5.91 Å². The Hall–Kier alpha value is -2.67. The molecule has 8 heteroatoms. The number of likely N-dealkylation sites (N-methyl/N-ethyl adjacent to an activating group) is 1. The maximum absolute atomic E-state index is 13.0. The minimum absolute atomic E-state index is 0.275.